The summed E-state index contributed by atoms with van der Waals surface area (Å²) in [5.74, 6) is 0.752. The highest BCUT2D eigenvalue weighted by Crippen LogP contribution is 2.27. The van der Waals surface area contributed by atoms with E-state index < -0.39 is 0 Å². The number of nitriles is 1. The van der Waals surface area contributed by atoms with Crippen molar-refractivity contribution in [2.24, 2.45) is 0 Å². The lowest BCUT2D eigenvalue weighted by Crippen LogP contribution is -2.50. The largest absolute Gasteiger partial charge is 0.344 e. The van der Waals surface area contributed by atoms with E-state index in [1.165, 1.54) is 0 Å². The summed E-state index contributed by atoms with van der Waals surface area (Å²) in [6, 6.07) is 10.6. The quantitative estimate of drug-likeness (QED) is 0.431. The van der Waals surface area contributed by atoms with E-state index in [1.54, 1.807) is 11.8 Å². The molecule has 0 bridgehead atoms. The van der Waals surface area contributed by atoms with Crippen LogP contribution in [-0.4, -0.2) is 33.0 Å². The summed E-state index contributed by atoms with van der Waals surface area (Å²) in [6.07, 6.45) is 0.517. The molecule has 0 aliphatic carbocycles. The monoisotopic (exact) mass is 380 g/mol. The Balaban J connectivity index is 2.71. The normalized spacial score (nSPS) is 10.4. The number of benzene rings is 1. The summed E-state index contributed by atoms with van der Waals surface area (Å²) >= 11 is 12.5. The van der Waals surface area contributed by atoms with E-state index in [2.05, 4.69) is 49.3 Å². The summed E-state index contributed by atoms with van der Waals surface area (Å²) in [5, 5.41) is 16.1. The third-order valence-electron chi connectivity index (χ3n) is 3.17. The van der Waals surface area contributed by atoms with Gasteiger partial charge in [-0.05, 0) is 64.3 Å². The van der Waals surface area contributed by atoms with Gasteiger partial charge in [-0.15, -0.1) is 11.8 Å². The molecular formula is C17H24N4S3. The van der Waals surface area contributed by atoms with Gasteiger partial charge < -0.3 is 15.5 Å². The van der Waals surface area contributed by atoms with Gasteiger partial charge in [-0.25, -0.2) is 0 Å². The second-order valence-corrected chi connectivity index (χ2v) is 7.66. The zero-order valence-corrected chi connectivity index (χ0v) is 16.9. The Bertz CT molecular complexity index is 600. The van der Waals surface area contributed by atoms with Crippen molar-refractivity contribution < 1.29 is 0 Å². The predicted octanol–water partition coefficient (Wildman–Crippen LogP) is 4.38. The van der Waals surface area contributed by atoms with E-state index in [0.717, 1.165) is 16.3 Å². The Morgan fingerprint density at radius 2 is 1.83 bits per heavy atom. The third kappa shape index (κ3) is 6.63. The minimum Gasteiger partial charge on any atom is -0.344 e. The van der Waals surface area contributed by atoms with E-state index in [9.17, 15) is 0 Å². The van der Waals surface area contributed by atoms with Crippen molar-refractivity contribution in [3.63, 3.8) is 0 Å². The van der Waals surface area contributed by atoms with Crippen LogP contribution in [0.5, 0.6) is 0 Å². The summed E-state index contributed by atoms with van der Waals surface area (Å²) < 4.78 is 0. The fourth-order valence-corrected chi connectivity index (χ4v) is 3.94. The lowest BCUT2D eigenvalue weighted by atomic mass is 10.2. The fraction of sp³-hybridized carbons (Fsp3) is 0.471. The van der Waals surface area contributed by atoms with Gasteiger partial charge in [0.05, 0.1) is 11.8 Å². The number of rotatable bonds is 6. The van der Waals surface area contributed by atoms with Gasteiger partial charge in [-0.3, -0.25) is 0 Å². The van der Waals surface area contributed by atoms with Crippen molar-refractivity contribution in [2.75, 3.05) is 11.1 Å². The maximum atomic E-state index is 8.67. The fourth-order valence-electron chi connectivity index (χ4n) is 2.28. The molecule has 7 heteroatoms. The van der Waals surface area contributed by atoms with Crippen LogP contribution >= 0.6 is 36.2 Å². The number of anilines is 1. The third-order valence-corrected chi connectivity index (χ3v) is 4.77. The molecule has 1 rings (SSSR count). The first-order chi connectivity index (χ1) is 11.4. The lowest BCUT2D eigenvalue weighted by Gasteiger charge is -2.33. The van der Waals surface area contributed by atoms with Gasteiger partial charge in [0.1, 0.15) is 0 Å². The highest BCUT2D eigenvalue weighted by Gasteiger charge is 2.17. The van der Waals surface area contributed by atoms with Crippen LogP contribution in [-0.2, 0) is 0 Å². The molecule has 0 fully saturated rings. The molecule has 0 heterocycles. The number of nitrogens with zero attached hydrogens (tertiary/aromatic N) is 2. The van der Waals surface area contributed by atoms with E-state index in [-0.39, 0.29) is 0 Å². The molecule has 0 aliphatic rings. The highest BCUT2D eigenvalue weighted by molar-refractivity contribution is 7.99. The van der Waals surface area contributed by atoms with Crippen molar-refractivity contribution in [2.45, 2.75) is 51.1 Å². The number of hydrogen-bond acceptors (Lipinski definition) is 4. The van der Waals surface area contributed by atoms with E-state index in [0.29, 0.717) is 28.7 Å². The number of hydrogen-bond donors (Lipinski definition) is 2. The van der Waals surface area contributed by atoms with Crippen LogP contribution in [0.15, 0.2) is 29.2 Å². The maximum absolute atomic E-state index is 8.67. The Labute approximate surface area is 160 Å². The molecule has 0 radical (unpaired) electrons. The van der Waals surface area contributed by atoms with Crippen LogP contribution in [0.25, 0.3) is 0 Å². The van der Waals surface area contributed by atoms with E-state index in [1.807, 2.05) is 24.3 Å². The van der Waals surface area contributed by atoms with Gasteiger partial charge in [0, 0.05) is 29.2 Å². The van der Waals surface area contributed by atoms with Gasteiger partial charge in [0.25, 0.3) is 0 Å². The second kappa shape index (κ2) is 10.5. The molecule has 130 valence electrons. The molecule has 0 aliphatic heterocycles. The Morgan fingerprint density at radius 3 is 2.42 bits per heavy atom. The summed E-state index contributed by atoms with van der Waals surface area (Å²) in [6.45, 7) is 8.41. The lowest BCUT2D eigenvalue weighted by molar-refractivity contribution is 0.292. The summed E-state index contributed by atoms with van der Waals surface area (Å²) in [4.78, 5) is 3.17. The van der Waals surface area contributed by atoms with Crippen molar-refractivity contribution >= 4 is 52.1 Å². The number of para-hydroxylation sites is 1. The van der Waals surface area contributed by atoms with Crippen LogP contribution in [0.3, 0.4) is 0 Å². The number of thiocarbonyl (C=S) groups is 2. The van der Waals surface area contributed by atoms with Crippen molar-refractivity contribution in [3.05, 3.63) is 24.3 Å². The first-order valence-corrected chi connectivity index (χ1v) is 9.66. The molecule has 0 unspecified atom stereocenters. The van der Waals surface area contributed by atoms with Crippen molar-refractivity contribution in [3.8, 4) is 6.07 Å². The van der Waals surface area contributed by atoms with Crippen LogP contribution in [0.1, 0.15) is 34.1 Å². The van der Waals surface area contributed by atoms with Crippen LogP contribution < -0.4 is 10.6 Å². The zero-order chi connectivity index (χ0) is 18.1. The standard InChI is InChI=1S/C17H24N4S3/c1-12(2)21(13(3)4)17(23)20-16(22)19-14-8-5-6-9-15(14)24-11-7-10-18/h5-6,8-9,12-13H,7,11H2,1-4H3,(H2,19,20,22,23). The minimum atomic E-state index is 0.293. The molecule has 0 saturated carbocycles. The number of nitrogens with one attached hydrogen (secondary N) is 2. The van der Waals surface area contributed by atoms with E-state index >= 15 is 0 Å². The first-order valence-electron chi connectivity index (χ1n) is 7.85. The molecule has 0 saturated heterocycles. The molecule has 0 spiro atoms. The van der Waals surface area contributed by atoms with Crippen LogP contribution in [0.2, 0.25) is 0 Å². The van der Waals surface area contributed by atoms with Gasteiger partial charge >= 0.3 is 0 Å². The Kier molecular flexibility index (Phi) is 9.04. The molecule has 4 nitrogen and oxygen atoms in total. The smallest absolute Gasteiger partial charge is 0.177 e. The number of thioether (sulfide) groups is 1. The second-order valence-electron chi connectivity index (χ2n) is 5.73. The van der Waals surface area contributed by atoms with E-state index in [4.69, 9.17) is 29.7 Å². The average molecular weight is 381 g/mol. The first kappa shape index (κ1) is 20.7. The van der Waals surface area contributed by atoms with Gasteiger partial charge in [0.2, 0.25) is 0 Å². The molecule has 0 amide bonds. The summed E-state index contributed by atoms with van der Waals surface area (Å²) in [5.41, 5.74) is 0.918. The van der Waals surface area contributed by atoms with Gasteiger partial charge in [-0.1, -0.05) is 12.1 Å². The topological polar surface area (TPSA) is 51.1 Å². The van der Waals surface area contributed by atoms with Gasteiger partial charge in [-0.2, -0.15) is 5.26 Å². The van der Waals surface area contributed by atoms with Crippen LogP contribution in [0, 0.1) is 11.3 Å². The SMILES string of the molecule is CC(C)N(C(=S)NC(=S)Nc1ccccc1SCCC#N)C(C)C. The zero-order valence-electron chi connectivity index (χ0n) is 14.5. The maximum Gasteiger partial charge on any atom is 0.177 e. The highest BCUT2D eigenvalue weighted by atomic mass is 32.2. The minimum absolute atomic E-state index is 0.293. The van der Waals surface area contributed by atoms with Crippen molar-refractivity contribution in [1.82, 2.24) is 10.2 Å². The Morgan fingerprint density at radius 1 is 1.21 bits per heavy atom. The molecule has 1 aromatic rings. The molecule has 24 heavy (non-hydrogen) atoms. The van der Waals surface area contributed by atoms with Crippen LogP contribution in [0.4, 0.5) is 5.69 Å². The van der Waals surface area contributed by atoms with Crippen molar-refractivity contribution in [1.29, 1.82) is 5.26 Å². The summed E-state index contributed by atoms with van der Waals surface area (Å²) in [7, 11) is 0. The molecule has 0 aromatic heterocycles. The molecular weight excluding hydrogens is 356 g/mol. The molecule has 2 N–H and O–H groups in total. The predicted molar refractivity (Wildman–Crippen MR) is 111 cm³/mol. The Hall–Kier alpha value is -1.36. The average Bonchev–Trinajstić information content (AvgIpc) is 2.48. The van der Waals surface area contributed by atoms with Gasteiger partial charge in [0.15, 0.2) is 10.2 Å². The molecule has 1 aromatic carbocycles. The molecule has 0 atom stereocenters.